The van der Waals surface area contributed by atoms with Crippen LogP contribution in [0.25, 0.3) is 12.2 Å². The van der Waals surface area contributed by atoms with Crippen LogP contribution < -0.4 is 0 Å². The van der Waals surface area contributed by atoms with Gasteiger partial charge in [-0.25, -0.2) is 0 Å². The Kier molecular flexibility index (Phi) is 5.00. The van der Waals surface area contributed by atoms with E-state index in [1.165, 1.54) is 16.7 Å². The van der Waals surface area contributed by atoms with E-state index in [9.17, 15) is 0 Å². The first-order valence-electron chi connectivity index (χ1n) is 7.90. The van der Waals surface area contributed by atoms with Crippen molar-refractivity contribution in [3.8, 4) is 0 Å². The van der Waals surface area contributed by atoms with Gasteiger partial charge in [-0.3, -0.25) is 0 Å². The summed E-state index contributed by atoms with van der Waals surface area (Å²) in [6, 6.07) is 27.5. The number of hydrogen-bond acceptors (Lipinski definition) is 0. The van der Waals surface area contributed by atoms with Gasteiger partial charge in [0.15, 0.2) is 0 Å². The van der Waals surface area contributed by atoms with Crippen LogP contribution in [0.5, 0.6) is 0 Å². The van der Waals surface area contributed by atoms with Crippen molar-refractivity contribution in [2.24, 2.45) is 0 Å². The van der Waals surface area contributed by atoms with Gasteiger partial charge in [0.25, 0.3) is 0 Å². The van der Waals surface area contributed by atoms with E-state index in [4.69, 9.17) is 0 Å². The topological polar surface area (TPSA) is 0 Å². The van der Waals surface area contributed by atoms with Crippen LogP contribution in [0, 0.1) is 0 Å². The zero-order valence-electron chi connectivity index (χ0n) is 13.5. The Labute approximate surface area is 157 Å². The van der Waals surface area contributed by atoms with Crippen LogP contribution in [-0.4, -0.2) is 0 Å². The molecule has 0 spiro atoms. The van der Waals surface area contributed by atoms with Crippen LogP contribution in [0.2, 0.25) is 0 Å². The third kappa shape index (κ3) is 2.84. The summed E-state index contributed by atoms with van der Waals surface area (Å²) >= 11 is 2.57. The fourth-order valence-corrected chi connectivity index (χ4v) is 4.44. The highest BCUT2D eigenvalue weighted by Gasteiger charge is 2.35. The first kappa shape index (κ1) is 16.7. The number of benzene rings is 3. The lowest BCUT2D eigenvalue weighted by molar-refractivity contribution is 0.933. The lowest BCUT2D eigenvalue weighted by Crippen LogP contribution is -2.23. The Bertz CT molecular complexity index is 810. The number of hydrogen-bond donors (Lipinski definition) is 0. The zero-order valence-corrected chi connectivity index (χ0v) is 15.6. The molecule has 0 heterocycles. The molecule has 0 saturated carbocycles. The molecule has 0 unspecified atom stereocenters. The third-order valence-electron chi connectivity index (χ3n) is 4.28. The van der Waals surface area contributed by atoms with E-state index >= 15 is 0 Å². The third-order valence-corrected chi connectivity index (χ3v) is 6.06. The van der Waals surface area contributed by atoms with E-state index in [1.807, 2.05) is 12.2 Å². The molecule has 0 aromatic heterocycles. The molecule has 0 aliphatic carbocycles. The highest BCUT2D eigenvalue weighted by atomic mass is 127. The maximum absolute atomic E-state index is 4.01. The minimum atomic E-state index is -0.311. The van der Waals surface area contributed by atoms with Crippen LogP contribution >= 0.6 is 22.6 Å². The van der Waals surface area contributed by atoms with Gasteiger partial charge < -0.3 is 0 Å². The highest BCUT2D eigenvalue weighted by molar-refractivity contribution is 14.1. The van der Waals surface area contributed by atoms with Crippen molar-refractivity contribution in [1.82, 2.24) is 0 Å². The van der Waals surface area contributed by atoms with Crippen molar-refractivity contribution >= 4 is 34.7 Å². The van der Waals surface area contributed by atoms with E-state index in [2.05, 4.69) is 115 Å². The normalized spacial score (nSPS) is 11.0. The Morgan fingerprint density at radius 3 is 1.50 bits per heavy atom. The summed E-state index contributed by atoms with van der Waals surface area (Å²) in [4.78, 5) is 0. The predicted molar refractivity (Wildman–Crippen MR) is 113 cm³/mol. The lowest BCUT2D eigenvalue weighted by Gasteiger charge is -2.32. The lowest BCUT2D eigenvalue weighted by atomic mass is 9.80. The minimum absolute atomic E-state index is 0.311. The average Bonchev–Trinajstić information content (AvgIpc) is 2.68. The fraction of sp³-hybridized carbons (Fsp3) is 0.0435. The molecule has 24 heavy (non-hydrogen) atoms. The Morgan fingerprint density at radius 1 is 0.625 bits per heavy atom. The summed E-state index contributed by atoms with van der Waals surface area (Å²) in [6.07, 6.45) is 3.87. The van der Waals surface area contributed by atoms with Gasteiger partial charge in [-0.15, -0.1) is 0 Å². The second-order valence-corrected chi connectivity index (χ2v) is 7.23. The largest absolute Gasteiger partial charge is 0.0985 e. The summed E-state index contributed by atoms with van der Waals surface area (Å²) in [6.45, 7) is 8.02. The van der Waals surface area contributed by atoms with Crippen LogP contribution in [0.3, 0.4) is 0 Å². The van der Waals surface area contributed by atoms with E-state index in [0.717, 1.165) is 11.1 Å². The molecule has 0 bridgehead atoms. The van der Waals surface area contributed by atoms with Gasteiger partial charge in [-0.05, 0) is 27.8 Å². The standard InChI is InChI=1S/C23H19I/c1-3-18-12-8-10-16-21(18)23(24,20-14-6-5-7-15-20)22-17-11-9-13-19(22)4-2/h3-17H,1-2H2. The van der Waals surface area contributed by atoms with Gasteiger partial charge in [0.1, 0.15) is 0 Å². The first-order valence-corrected chi connectivity index (χ1v) is 8.98. The molecular weight excluding hydrogens is 403 g/mol. The van der Waals surface area contributed by atoms with Gasteiger partial charge in [0.05, 0.1) is 3.42 Å². The van der Waals surface area contributed by atoms with Gasteiger partial charge in [-0.1, -0.05) is 127 Å². The van der Waals surface area contributed by atoms with Crippen molar-refractivity contribution in [2.75, 3.05) is 0 Å². The van der Waals surface area contributed by atoms with Crippen molar-refractivity contribution < 1.29 is 0 Å². The Balaban J connectivity index is 2.38. The summed E-state index contributed by atoms with van der Waals surface area (Å²) in [5, 5.41) is 0. The number of rotatable bonds is 5. The molecule has 118 valence electrons. The van der Waals surface area contributed by atoms with Crippen LogP contribution in [0.1, 0.15) is 27.8 Å². The number of alkyl halides is 1. The predicted octanol–water partition coefficient (Wildman–Crippen LogP) is 6.70. The van der Waals surface area contributed by atoms with Gasteiger partial charge in [-0.2, -0.15) is 0 Å². The molecule has 3 aromatic carbocycles. The Hall–Kier alpha value is -2.13. The summed E-state index contributed by atoms with van der Waals surface area (Å²) in [5.41, 5.74) is 6.01. The molecule has 0 aliphatic rings. The quantitative estimate of drug-likeness (QED) is 0.244. The zero-order chi connectivity index (χ0) is 17.0. The van der Waals surface area contributed by atoms with E-state index < -0.39 is 0 Å². The molecule has 0 radical (unpaired) electrons. The van der Waals surface area contributed by atoms with Crippen molar-refractivity contribution in [2.45, 2.75) is 3.42 Å². The number of halogens is 1. The first-order chi connectivity index (χ1) is 11.7. The molecule has 0 fully saturated rings. The molecule has 0 saturated heterocycles. The fourth-order valence-electron chi connectivity index (χ4n) is 3.10. The molecule has 1 heteroatoms. The van der Waals surface area contributed by atoms with Crippen molar-refractivity contribution in [3.05, 3.63) is 120 Å². The summed E-state index contributed by atoms with van der Waals surface area (Å²) in [5.74, 6) is 0. The van der Waals surface area contributed by atoms with Gasteiger partial charge in [0.2, 0.25) is 0 Å². The van der Waals surface area contributed by atoms with Crippen LogP contribution in [-0.2, 0) is 3.42 Å². The molecule has 0 atom stereocenters. The monoisotopic (exact) mass is 422 g/mol. The van der Waals surface area contributed by atoms with E-state index in [1.54, 1.807) is 0 Å². The summed E-state index contributed by atoms with van der Waals surface area (Å²) < 4.78 is -0.311. The maximum atomic E-state index is 4.01. The van der Waals surface area contributed by atoms with Gasteiger partial charge in [0, 0.05) is 0 Å². The molecule has 3 rings (SSSR count). The SMILES string of the molecule is C=Cc1ccccc1C(I)(c1ccccc1)c1ccccc1C=C. The van der Waals surface area contributed by atoms with Crippen LogP contribution in [0.15, 0.2) is 92.0 Å². The second kappa shape index (κ2) is 7.18. The van der Waals surface area contributed by atoms with Crippen molar-refractivity contribution in [1.29, 1.82) is 0 Å². The Morgan fingerprint density at radius 2 is 1.04 bits per heavy atom. The molecule has 0 N–H and O–H groups in total. The smallest absolute Gasteiger partial charge is 0.0979 e. The highest BCUT2D eigenvalue weighted by Crippen LogP contribution is 2.48. The molecule has 0 amide bonds. The second-order valence-electron chi connectivity index (χ2n) is 5.61. The minimum Gasteiger partial charge on any atom is -0.0985 e. The van der Waals surface area contributed by atoms with Crippen molar-refractivity contribution in [3.63, 3.8) is 0 Å². The molecule has 0 nitrogen and oxygen atoms in total. The molecule has 0 aliphatic heterocycles. The maximum Gasteiger partial charge on any atom is 0.0979 e. The molecular formula is C23H19I. The summed E-state index contributed by atoms with van der Waals surface area (Å²) in [7, 11) is 0. The van der Waals surface area contributed by atoms with E-state index in [-0.39, 0.29) is 3.42 Å². The average molecular weight is 422 g/mol. The van der Waals surface area contributed by atoms with Gasteiger partial charge >= 0.3 is 0 Å². The van der Waals surface area contributed by atoms with Crippen LogP contribution in [0.4, 0.5) is 0 Å². The molecule has 3 aromatic rings. The van der Waals surface area contributed by atoms with E-state index in [0.29, 0.717) is 0 Å².